The summed E-state index contributed by atoms with van der Waals surface area (Å²) in [5, 5.41) is 24.1. The second kappa shape index (κ2) is 10.7. The summed E-state index contributed by atoms with van der Waals surface area (Å²) < 4.78 is 7.74. The van der Waals surface area contributed by atoms with Gasteiger partial charge in [-0.2, -0.15) is 4.98 Å². The lowest BCUT2D eigenvalue weighted by Gasteiger charge is -2.21. The molecule has 2 aromatic heterocycles. The van der Waals surface area contributed by atoms with Gasteiger partial charge >= 0.3 is 5.97 Å². The molecule has 37 heavy (non-hydrogen) atoms. The van der Waals surface area contributed by atoms with Crippen molar-refractivity contribution in [3.8, 4) is 28.3 Å². The molecule has 192 valence electrons. The molecule has 4 aromatic rings. The molecule has 0 amide bonds. The molecule has 0 atom stereocenters. The summed E-state index contributed by atoms with van der Waals surface area (Å²) in [6, 6.07) is 12.4. The maximum absolute atomic E-state index is 11.3. The highest BCUT2D eigenvalue weighted by Gasteiger charge is 2.16. The van der Waals surface area contributed by atoms with Crippen LogP contribution < -0.4 is 15.4 Å². The predicted octanol–water partition coefficient (Wildman–Crippen LogP) is 5.24. The molecule has 2 heterocycles. The molecule has 0 aliphatic rings. The third-order valence-corrected chi connectivity index (χ3v) is 5.52. The van der Waals surface area contributed by atoms with Crippen LogP contribution in [0, 0.1) is 5.41 Å². The van der Waals surface area contributed by atoms with E-state index in [-0.39, 0.29) is 11.0 Å². The lowest BCUT2D eigenvalue weighted by Crippen LogP contribution is -2.20. The summed E-state index contributed by atoms with van der Waals surface area (Å²) in [5.74, 6) is 1.45. The fraction of sp³-hybridized carbons (Fsp3) is 0.296. The minimum atomic E-state index is -0.969. The van der Waals surface area contributed by atoms with Gasteiger partial charge in [0.25, 0.3) is 0 Å². The van der Waals surface area contributed by atoms with E-state index in [1.165, 1.54) is 0 Å². The Bertz CT molecular complexity index is 1390. The smallest absolute Gasteiger partial charge is 0.335 e. The van der Waals surface area contributed by atoms with Gasteiger partial charge in [0.05, 0.1) is 17.9 Å². The number of hydrogen-bond donors (Lipinski definition) is 3. The Labute approximate surface area is 215 Å². The van der Waals surface area contributed by atoms with Crippen molar-refractivity contribution in [2.45, 2.75) is 27.7 Å². The SMILES string of the molecule is CCOc1cc(-c2nncn2C)ccc1Nc1ncc(-c2ccc(C(=O)O)cc2)c(NCC(C)(C)C)n1. The summed E-state index contributed by atoms with van der Waals surface area (Å²) in [6.45, 7) is 9.49. The average Bonchev–Trinajstić information content (AvgIpc) is 3.29. The van der Waals surface area contributed by atoms with Gasteiger partial charge < -0.3 is 25.0 Å². The van der Waals surface area contributed by atoms with Crippen molar-refractivity contribution in [1.82, 2.24) is 24.7 Å². The number of nitrogens with zero attached hydrogens (tertiary/aromatic N) is 5. The van der Waals surface area contributed by atoms with E-state index in [0.29, 0.717) is 36.4 Å². The number of rotatable bonds is 9. The molecular weight excluding hydrogens is 470 g/mol. The van der Waals surface area contributed by atoms with Crippen molar-refractivity contribution in [3.05, 3.63) is 60.6 Å². The molecule has 0 bridgehead atoms. The molecule has 0 aliphatic heterocycles. The molecule has 0 aliphatic carbocycles. The van der Waals surface area contributed by atoms with Crippen LogP contribution in [0.2, 0.25) is 0 Å². The number of aryl methyl sites for hydroxylation is 1. The van der Waals surface area contributed by atoms with E-state index in [1.54, 1.807) is 36.8 Å². The molecule has 0 unspecified atom stereocenters. The molecule has 0 radical (unpaired) electrons. The number of aromatic nitrogens is 5. The van der Waals surface area contributed by atoms with Gasteiger partial charge in [0.15, 0.2) is 5.82 Å². The number of carboxylic acid groups (broad SMARTS) is 1. The average molecular weight is 502 g/mol. The summed E-state index contributed by atoms with van der Waals surface area (Å²) >= 11 is 0. The van der Waals surface area contributed by atoms with E-state index in [4.69, 9.17) is 9.72 Å². The van der Waals surface area contributed by atoms with Gasteiger partial charge in [0.2, 0.25) is 5.95 Å². The molecule has 0 saturated heterocycles. The highest BCUT2D eigenvalue weighted by Crippen LogP contribution is 2.33. The van der Waals surface area contributed by atoms with Crippen molar-refractivity contribution in [2.75, 3.05) is 23.8 Å². The zero-order chi connectivity index (χ0) is 26.6. The third kappa shape index (κ3) is 6.21. The van der Waals surface area contributed by atoms with Crippen LogP contribution in [-0.2, 0) is 7.05 Å². The number of carbonyl (C=O) groups is 1. The number of ether oxygens (including phenoxy) is 1. The van der Waals surface area contributed by atoms with Crippen LogP contribution in [0.5, 0.6) is 5.75 Å². The normalized spacial score (nSPS) is 11.3. The standard InChI is InChI=1S/C27H31N7O3/c1-6-37-22-13-19(24-33-30-16-34(24)5)11-12-21(22)31-26-28-14-20(23(32-26)29-15-27(2,3)4)17-7-9-18(10-8-17)25(35)36/h7-14,16H,6,15H2,1-5H3,(H,35,36)(H2,28,29,31,32). The summed E-state index contributed by atoms with van der Waals surface area (Å²) in [6.07, 6.45) is 3.38. The molecular formula is C27H31N7O3. The molecule has 2 aromatic carbocycles. The number of nitrogens with one attached hydrogen (secondary N) is 2. The Morgan fingerprint density at radius 3 is 2.46 bits per heavy atom. The number of aromatic carboxylic acids is 1. The van der Waals surface area contributed by atoms with Crippen molar-refractivity contribution in [1.29, 1.82) is 0 Å². The van der Waals surface area contributed by atoms with Gasteiger partial charge in [-0.25, -0.2) is 9.78 Å². The second-order valence-electron chi connectivity index (χ2n) is 9.79. The van der Waals surface area contributed by atoms with Gasteiger partial charge in [0, 0.05) is 30.9 Å². The monoisotopic (exact) mass is 501 g/mol. The van der Waals surface area contributed by atoms with Crippen LogP contribution in [0.1, 0.15) is 38.1 Å². The Hall–Kier alpha value is -4.47. The minimum absolute atomic E-state index is 0.0147. The first kappa shape index (κ1) is 25.6. The fourth-order valence-electron chi connectivity index (χ4n) is 3.63. The number of hydrogen-bond acceptors (Lipinski definition) is 8. The van der Waals surface area contributed by atoms with Crippen molar-refractivity contribution >= 4 is 23.4 Å². The van der Waals surface area contributed by atoms with Gasteiger partial charge in [-0.1, -0.05) is 32.9 Å². The highest BCUT2D eigenvalue weighted by atomic mass is 16.5. The number of anilines is 3. The van der Waals surface area contributed by atoms with Crippen LogP contribution in [0.4, 0.5) is 17.5 Å². The first-order chi connectivity index (χ1) is 17.6. The molecule has 0 spiro atoms. The van der Waals surface area contributed by atoms with Crippen LogP contribution in [0.3, 0.4) is 0 Å². The second-order valence-corrected chi connectivity index (χ2v) is 9.79. The van der Waals surface area contributed by atoms with E-state index in [0.717, 1.165) is 22.5 Å². The fourth-order valence-corrected chi connectivity index (χ4v) is 3.63. The lowest BCUT2D eigenvalue weighted by molar-refractivity contribution is 0.0697. The Morgan fingerprint density at radius 1 is 1.11 bits per heavy atom. The van der Waals surface area contributed by atoms with E-state index < -0.39 is 5.97 Å². The topological polar surface area (TPSA) is 127 Å². The van der Waals surface area contributed by atoms with E-state index in [2.05, 4.69) is 46.6 Å². The maximum Gasteiger partial charge on any atom is 0.335 e. The predicted molar refractivity (Wildman–Crippen MR) is 143 cm³/mol. The van der Waals surface area contributed by atoms with Crippen molar-refractivity contribution < 1.29 is 14.6 Å². The van der Waals surface area contributed by atoms with Crippen LogP contribution in [-0.4, -0.2) is 49.0 Å². The lowest BCUT2D eigenvalue weighted by atomic mass is 9.97. The maximum atomic E-state index is 11.3. The van der Waals surface area contributed by atoms with E-state index in [1.807, 2.05) is 36.7 Å². The zero-order valence-electron chi connectivity index (χ0n) is 21.6. The molecule has 10 nitrogen and oxygen atoms in total. The zero-order valence-corrected chi connectivity index (χ0v) is 21.6. The Morgan fingerprint density at radius 2 is 1.84 bits per heavy atom. The van der Waals surface area contributed by atoms with Gasteiger partial charge in [-0.3, -0.25) is 0 Å². The summed E-state index contributed by atoms with van der Waals surface area (Å²) in [4.78, 5) is 20.6. The van der Waals surface area contributed by atoms with Gasteiger partial charge in [-0.05, 0) is 48.2 Å². The van der Waals surface area contributed by atoms with Crippen molar-refractivity contribution in [2.24, 2.45) is 12.5 Å². The number of benzene rings is 2. The third-order valence-electron chi connectivity index (χ3n) is 5.52. The van der Waals surface area contributed by atoms with E-state index >= 15 is 0 Å². The van der Waals surface area contributed by atoms with Gasteiger partial charge in [0.1, 0.15) is 17.9 Å². The van der Waals surface area contributed by atoms with E-state index in [9.17, 15) is 9.90 Å². The van der Waals surface area contributed by atoms with Crippen molar-refractivity contribution in [3.63, 3.8) is 0 Å². The summed E-state index contributed by atoms with van der Waals surface area (Å²) in [5.41, 5.74) is 3.42. The largest absolute Gasteiger partial charge is 0.492 e. The Kier molecular flexibility index (Phi) is 7.37. The van der Waals surface area contributed by atoms with Crippen LogP contribution in [0.15, 0.2) is 55.0 Å². The van der Waals surface area contributed by atoms with Crippen LogP contribution in [0.25, 0.3) is 22.5 Å². The molecule has 4 rings (SSSR count). The quantitative estimate of drug-likeness (QED) is 0.282. The first-order valence-electron chi connectivity index (χ1n) is 12.0. The summed E-state index contributed by atoms with van der Waals surface area (Å²) in [7, 11) is 1.89. The number of carboxylic acids is 1. The first-order valence-corrected chi connectivity index (χ1v) is 12.0. The van der Waals surface area contributed by atoms with Gasteiger partial charge in [-0.15, -0.1) is 10.2 Å². The molecule has 0 saturated carbocycles. The highest BCUT2D eigenvalue weighted by molar-refractivity contribution is 5.88. The van der Waals surface area contributed by atoms with Crippen LogP contribution >= 0.6 is 0 Å². The minimum Gasteiger partial charge on any atom is -0.492 e. The molecule has 10 heteroatoms. The molecule has 3 N–H and O–H groups in total. The molecule has 0 fully saturated rings. The Balaban J connectivity index is 1.68.